The Balaban J connectivity index is 1.94. The molecule has 3 rings (SSSR count). The summed E-state index contributed by atoms with van der Waals surface area (Å²) < 4.78 is 35.2. The average molecular weight is 532 g/mol. The number of thiophene rings is 1. The van der Waals surface area contributed by atoms with Gasteiger partial charge in [0.25, 0.3) is 10.0 Å². The molecule has 0 saturated carbocycles. The first-order valence-electron chi connectivity index (χ1n) is 12.1. The van der Waals surface area contributed by atoms with Crippen LogP contribution in [0.15, 0.2) is 46.9 Å². The minimum absolute atomic E-state index is 0.0260. The molecule has 0 aliphatic heterocycles. The third kappa shape index (κ3) is 7.04. The summed E-state index contributed by atoms with van der Waals surface area (Å²) >= 11 is 1.13. The Bertz CT molecular complexity index is 1310. The van der Waals surface area contributed by atoms with Crippen molar-refractivity contribution in [1.29, 1.82) is 0 Å². The summed E-state index contributed by atoms with van der Waals surface area (Å²) in [4.78, 5) is 30.3. The maximum Gasteiger partial charge on any atom is 0.421 e. The van der Waals surface area contributed by atoms with Gasteiger partial charge in [-0.05, 0) is 36.5 Å². The highest BCUT2D eigenvalue weighted by Crippen LogP contribution is 2.36. The molecule has 0 fully saturated rings. The molecular formula is C26H33N3O5S2. The molecule has 3 aromatic rings. The molecule has 0 bridgehead atoms. The van der Waals surface area contributed by atoms with Crippen LogP contribution >= 0.6 is 11.3 Å². The zero-order chi connectivity index (χ0) is 26.3. The van der Waals surface area contributed by atoms with Crippen LogP contribution in [0, 0.1) is 5.92 Å². The summed E-state index contributed by atoms with van der Waals surface area (Å²) in [7, 11) is -4.18. The highest BCUT2D eigenvalue weighted by Gasteiger charge is 2.26. The van der Waals surface area contributed by atoms with E-state index in [1.165, 1.54) is 0 Å². The lowest BCUT2D eigenvalue weighted by Crippen LogP contribution is -2.31. The van der Waals surface area contributed by atoms with Crippen molar-refractivity contribution >= 4 is 33.2 Å². The summed E-state index contributed by atoms with van der Waals surface area (Å²) in [5.74, 6) is 1.03. The molecule has 0 aliphatic carbocycles. The molecule has 1 N–H and O–H groups in total. The van der Waals surface area contributed by atoms with Gasteiger partial charge in [-0.3, -0.25) is 4.79 Å². The van der Waals surface area contributed by atoms with E-state index in [1.54, 1.807) is 36.7 Å². The topological polar surface area (TPSA) is 107 Å². The Labute approximate surface area is 216 Å². The molecule has 1 amide bonds. The van der Waals surface area contributed by atoms with Crippen LogP contribution in [-0.4, -0.2) is 36.5 Å². The Morgan fingerprint density at radius 3 is 2.67 bits per heavy atom. The van der Waals surface area contributed by atoms with Crippen molar-refractivity contribution in [2.24, 2.45) is 5.92 Å². The summed E-state index contributed by atoms with van der Waals surface area (Å²) in [6.45, 7) is 8.32. The van der Waals surface area contributed by atoms with E-state index in [9.17, 15) is 18.0 Å². The van der Waals surface area contributed by atoms with E-state index in [-0.39, 0.29) is 23.1 Å². The van der Waals surface area contributed by atoms with Crippen molar-refractivity contribution in [2.45, 2.75) is 64.1 Å². The van der Waals surface area contributed by atoms with E-state index in [4.69, 9.17) is 4.74 Å². The molecule has 194 valence electrons. The number of aryl methyl sites for hydroxylation is 1. The van der Waals surface area contributed by atoms with Crippen molar-refractivity contribution in [3.8, 4) is 11.1 Å². The van der Waals surface area contributed by atoms with Gasteiger partial charge in [-0.15, -0.1) is 11.3 Å². The molecular weight excluding hydrogens is 498 g/mol. The number of carbonyl (C=O) groups is 2. The van der Waals surface area contributed by atoms with Crippen molar-refractivity contribution in [2.75, 3.05) is 6.61 Å². The number of imidazole rings is 1. The summed E-state index contributed by atoms with van der Waals surface area (Å²) in [6.07, 6.45) is 5.31. The molecule has 2 heterocycles. The van der Waals surface area contributed by atoms with Gasteiger partial charge < -0.3 is 9.30 Å². The van der Waals surface area contributed by atoms with Crippen molar-refractivity contribution in [3.63, 3.8) is 0 Å². The molecule has 10 heteroatoms. The summed E-state index contributed by atoms with van der Waals surface area (Å²) in [6, 6.07) is 8.75. The molecule has 0 unspecified atom stereocenters. The fourth-order valence-corrected chi connectivity index (χ4v) is 6.57. The summed E-state index contributed by atoms with van der Waals surface area (Å²) in [5.41, 5.74) is 1.51. The number of ether oxygens (including phenoxy) is 1. The normalized spacial score (nSPS) is 11.6. The van der Waals surface area contributed by atoms with Crippen LogP contribution in [-0.2, 0) is 34.1 Å². The third-order valence-electron chi connectivity index (χ3n) is 5.48. The van der Waals surface area contributed by atoms with Gasteiger partial charge >= 0.3 is 6.09 Å². The second-order valence-electron chi connectivity index (χ2n) is 8.94. The number of Topliss-reactive ketones (excluding diaryl/α,β-unsaturated/α-hetero) is 1. The highest BCUT2D eigenvalue weighted by atomic mass is 32.2. The first-order valence-corrected chi connectivity index (χ1v) is 14.4. The molecule has 2 aromatic heterocycles. The minimum Gasteiger partial charge on any atom is -0.449 e. The Morgan fingerprint density at radius 1 is 1.19 bits per heavy atom. The van der Waals surface area contributed by atoms with E-state index in [0.29, 0.717) is 41.9 Å². The standard InChI is InChI=1S/C26H33N3O5S2/c1-5-7-13-34-26(31)28-36(32,33)25-22(16-21(35-25)14-18(3)4)19-9-8-10-20(15-19)23(30)17-29-12-11-27-24(29)6-2/h8-12,15-16,18H,5-7,13-14,17H2,1-4H3,(H,28,31). The van der Waals surface area contributed by atoms with Gasteiger partial charge in [0.2, 0.25) is 0 Å². The number of hydrogen-bond donors (Lipinski definition) is 1. The molecule has 0 radical (unpaired) electrons. The SMILES string of the molecule is CCCCOC(=O)NS(=O)(=O)c1sc(CC(C)C)cc1-c1cccc(C(=O)Cn2ccnc2CC)c1. The number of sulfonamides is 1. The van der Waals surface area contributed by atoms with E-state index in [2.05, 4.69) is 18.8 Å². The van der Waals surface area contributed by atoms with Crippen molar-refractivity contribution in [1.82, 2.24) is 14.3 Å². The second kappa shape index (κ2) is 12.3. The van der Waals surface area contributed by atoms with Gasteiger partial charge in [-0.2, -0.15) is 0 Å². The Morgan fingerprint density at radius 2 is 1.97 bits per heavy atom. The smallest absolute Gasteiger partial charge is 0.421 e. The molecule has 0 saturated heterocycles. The van der Waals surface area contributed by atoms with Crippen LogP contribution < -0.4 is 4.72 Å². The number of aromatic nitrogens is 2. The first kappa shape index (κ1) is 27.6. The number of rotatable bonds is 12. The van der Waals surface area contributed by atoms with Gasteiger partial charge in [0.05, 0.1) is 13.2 Å². The van der Waals surface area contributed by atoms with Gasteiger partial charge in [-0.25, -0.2) is 22.9 Å². The number of ketones is 1. The highest BCUT2D eigenvalue weighted by molar-refractivity contribution is 7.92. The van der Waals surface area contributed by atoms with Crippen molar-refractivity contribution < 1.29 is 22.7 Å². The van der Waals surface area contributed by atoms with Crippen LogP contribution in [0.1, 0.15) is 61.6 Å². The quantitative estimate of drug-likeness (QED) is 0.245. The average Bonchev–Trinajstić information content (AvgIpc) is 3.45. The van der Waals surface area contributed by atoms with Gasteiger partial charge in [0.15, 0.2) is 5.78 Å². The number of nitrogens with zero attached hydrogens (tertiary/aromatic N) is 2. The Kier molecular flexibility index (Phi) is 9.44. The monoisotopic (exact) mass is 531 g/mol. The Hall–Kier alpha value is -2.98. The number of carbonyl (C=O) groups excluding carboxylic acids is 2. The lowest BCUT2D eigenvalue weighted by molar-refractivity contribution is 0.0971. The lowest BCUT2D eigenvalue weighted by atomic mass is 10.0. The molecule has 0 atom stereocenters. The van der Waals surface area contributed by atoms with E-state index in [0.717, 1.165) is 28.5 Å². The second-order valence-corrected chi connectivity index (χ2v) is 12.0. The fraction of sp³-hybridized carbons (Fsp3) is 0.423. The van der Waals surface area contributed by atoms with Gasteiger partial charge in [0, 0.05) is 34.8 Å². The number of nitrogens with one attached hydrogen (secondary N) is 1. The van der Waals surface area contributed by atoms with Gasteiger partial charge in [-0.1, -0.05) is 52.3 Å². The number of hydrogen-bond acceptors (Lipinski definition) is 7. The van der Waals surface area contributed by atoms with Crippen LogP contribution in [0.3, 0.4) is 0 Å². The first-order chi connectivity index (χ1) is 17.1. The van der Waals surface area contributed by atoms with E-state index >= 15 is 0 Å². The fourth-order valence-electron chi connectivity index (χ4n) is 3.73. The van der Waals surface area contributed by atoms with E-state index < -0.39 is 16.1 Å². The summed E-state index contributed by atoms with van der Waals surface area (Å²) in [5, 5.41) is 0. The minimum atomic E-state index is -4.18. The largest absolute Gasteiger partial charge is 0.449 e. The van der Waals surface area contributed by atoms with E-state index in [1.807, 2.05) is 29.2 Å². The number of amides is 1. The number of benzene rings is 1. The van der Waals surface area contributed by atoms with Crippen LogP contribution in [0.25, 0.3) is 11.1 Å². The molecule has 1 aromatic carbocycles. The maximum absolute atomic E-state index is 13.2. The lowest BCUT2D eigenvalue weighted by Gasteiger charge is -2.10. The van der Waals surface area contributed by atoms with Crippen LogP contribution in [0.5, 0.6) is 0 Å². The van der Waals surface area contributed by atoms with Crippen LogP contribution in [0.4, 0.5) is 4.79 Å². The maximum atomic E-state index is 13.2. The zero-order valence-electron chi connectivity index (χ0n) is 21.1. The third-order valence-corrected chi connectivity index (χ3v) is 8.48. The molecule has 0 aliphatic rings. The zero-order valence-corrected chi connectivity index (χ0v) is 22.7. The van der Waals surface area contributed by atoms with Gasteiger partial charge in [0.1, 0.15) is 10.0 Å². The number of unbranched alkanes of at least 4 members (excludes halogenated alkanes) is 1. The predicted octanol–water partition coefficient (Wildman–Crippen LogP) is 5.47. The van der Waals surface area contributed by atoms with Crippen molar-refractivity contribution in [3.05, 3.63) is 59.0 Å². The predicted molar refractivity (Wildman–Crippen MR) is 141 cm³/mol. The molecule has 8 nitrogen and oxygen atoms in total. The molecule has 0 spiro atoms. The molecule has 36 heavy (non-hydrogen) atoms. The van der Waals surface area contributed by atoms with Crippen LogP contribution in [0.2, 0.25) is 0 Å².